The fourth-order valence-corrected chi connectivity index (χ4v) is 7.95. The number of carboxylic acids is 1. The van der Waals surface area contributed by atoms with Crippen molar-refractivity contribution in [2.24, 2.45) is 5.41 Å². The van der Waals surface area contributed by atoms with E-state index in [1.54, 1.807) is 4.90 Å². The number of carbonyl (C=O) groups is 3. The number of aryl methyl sites for hydroxylation is 1. The third kappa shape index (κ3) is 3.66. The van der Waals surface area contributed by atoms with E-state index in [1.807, 2.05) is 24.4 Å². The Bertz CT molecular complexity index is 949. The highest BCUT2D eigenvalue weighted by Gasteiger charge is 2.59. The predicted molar refractivity (Wildman–Crippen MR) is 115 cm³/mol. The summed E-state index contributed by atoms with van der Waals surface area (Å²) in [5.74, 6) is -0.632. The van der Waals surface area contributed by atoms with Gasteiger partial charge in [-0.2, -0.15) is 0 Å². The van der Waals surface area contributed by atoms with Crippen LogP contribution in [0.5, 0.6) is 0 Å². The topological polar surface area (TPSA) is 104 Å². The van der Waals surface area contributed by atoms with Crippen molar-refractivity contribution >= 4 is 69.0 Å². The van der Waals surface area contributed by atoms with Gasteiger partial charge in [0.15, 0.2) is 4.34 Å². The van der Waals surface area contributed by atoms with Crippen molar-refractivity contribution in [1.82, 2.24) is 15.1 Å². The van der Waals surface area contributed by atoms with Crippen LogP contribution in [0.2, 0.25) is 0 Å². The van der Waals surface area contributed by atoms with Gasteiger partial charge in [-0.1, -0.05) is 23.1 Å². The van der Waals surface area contributed by atoms with E-state index in [9.17, 15) is 19.5 Å². The van der Waals surface area contributed by atoms with Crippen molar-refractivity contribution in [3.63, 3.8) is 0 Å². The molecule has 2 saturated heterocycles. The lowest BCUT2D eigenvalue weighted by atomic mass is 9.89. The predicted octanol–water partition coefficient (Wildman–Crippen LogP) is 2.41. The zero-order chi connectivity index (χ0) is 20.8. The number of β-lactam (4-membered cyclic amide) rings is 1. The highest BCUT2D eigenvalue weighted by molar-refractivity contribution is 8.01. The number of hydrogen-bond acceptors (Lipinski definition) is 9. The molecule has 2 unspecified atom stereocenters. The fourth-order valence-electron chi connectivity index (χ4n) is 3.42. The molecule has 0 saturated carbocycles. The highest BCUT2D eigenvalue weighted by Crippen LogP contribution is 2.47. The number of aliphatic carboxylic acids is 1. The summed E-state index contributed by atoms with van der Waals surface area (Å²) in [5.41, 5.74) is -1.06. The van der Waals surface area contributed by atoms with E-state index in [0.717, 1.165) is 14.3 Å². The number of thioether (sulfide) groups is 2. The lowest BCUT2D eigenvalue weighted by Gasteiger charge is -2.55. The molecule has 4 rings (SSSR count). The van der Waals surface area contributed by atoms with Crippen molar-refractivity contribution in [3.05, 3.63) is 22.5 Å². The molecule has 2 amide bonds. The number of fused-ring (bicyclic) bond motifs is 1. The van der Waals surface area contributed by atoms with E-state index in [4.69, 9.17) is 0 Å². The van der Waals surface area contributed by atoms with Crippen LogP contribution < -0.4 is 4.90 Å². The Hall–Kier alpha value is -1.63. The maximum atomic E-state index is 12.9. The molecular formula is C17H18N4O4S4. The summed E-state index contributed by atoms with van der Waals surface area (Å²) < 4.78 is 0.725. The summed E-state index contributed by atoms with van der Waals surface area (Å²) in [6.07, 6.45) is 0. The van der Waals surface area contributed by atoms with Crippen molar-refractivity contribution in [2.75, 3.05) is 23.0 Å². The quantitative estimate of drug-likeness (QED) is 0.507. The molecule has 0 radical (unpaired) electrons. The molecule has 154 valence electrons. The molecule has 2 aromatic rings. The average molecular weight is 471 g/mol. The standard InChI is InChI=1S/C17H18N4O4S4/c1-9-18-19-16(29-9)28-8-17(15(24)25)6-20-13(23)12(14(20)27-7-17)21(10(2)22)11-4-3-5-26-11/h3-5,12,14H,6-8H2,1-2H3,(H,24,25)/t12?,14-,17?/m1/s1. The summed E-state index contributed by atoms with van der Waals surface area (Å²) in [6, 6.07) is 3.08. The zero-order valence-electron chi connectivity index (χ0n) is 15.6. The van der Waals surface area contributed by atoms with Gasteiger partial charge in [0.25, 0.3) is 0 Å². The highest BCUT2D eigenvalue weighted by atomic mass is 32.2. The molecular weight excluding hydrogens is 452 g/mol. The average Bonchev–Trinajstić information content (AvgIpc) is 3.35. The minimum atomic E-state index is -1.06. The van der Waals surface area contributed by atoms with Gasteiger partial charge >= 0.3 is 5.97 Å². The van der Waals surface area contributed by atoms with Crippen molar-refractivity contribution in [2.45, 2.75) is 29.6 Å². The first-order chi connectivity index (χ1) is 13.8. The molecule has 8 nitrogen and oxygen atoms in total. The van der Waals surface area contributed by atoms with Crippen LogP contribution in [-0.4, -0.2) is 67.5 Å². The van der Waals surface area contributed by atoms with Gasteiger partial charge in [0.05, 0.1) is 5.00 Å². The van der Waals surface area contributed by atoms with Crippen LogP contribution in [0.3, 0.4) is 0 Å². The number of aromatic nitrogens is 2. The minimum absolute atomic E-state index is 0.135. The summed E-state index contributed by atoms with van der Waals surface area (Å²) in [6.45, 7) is 3.44. The molecule has 0 spiro atoms. The van der Waals surface area contributed by atoms with Gasteiger partial charge in [0.2, 0.25) is 11.8 Å². The normalized spacial score (nSPS) is 26.0. The second kappa shape index (κ2) is 7.89. The third-order valence-corrected chi connectivity index (χ3v) is 9.61. The number of carboxylic acid groups (broad SMARTS) is 1. The number of anilines is 1. The van der Waals surface area contributed by atoms with Gasteiger partial charge in [-0.05, 0) is 24.4 Å². The maximum Gasteiger partial charge on any atom is 0.313 e. The molecule has 2 aliphatic rings. The molecule has 29 heavy (non-hydrogen) atoms. The first-order valence-corrected chi connectivity index (χ1v) is 12.5. The Morgan fingerprint density at radius 1 is 1.45 bits per heavy atom. The lowest BCUT2D eigenvalue weighted by Crippen LogP contribution is -2.74. The van der Waals surface area contributed by atoms with Gasteiger partial charge in [-0.15, -0.1) is 33.3 Å². The molecule has 4 heterocycles. The van der Waals surface area contributed by atoms with Crippen molar-refractivity contribution in [3.8, 4) is 0 Å². The number of thiophene rings is 1. The third-order valence-electron chi connectivity index (χ3n) is 4.91. The number of hydrogen-bond donors (Lipinski definition) is 1. The minimum Gasteiger partial charge on any atom is -0.481 e. The Morgan fingerprint density at radius 2 is 2.24 bits per heavy atom. The van der Waals surface area contributed by atoms with Crippen LogP contribution in [0.15, 0.2) is 21.9 Å². The summed E-state index contributed by atoms with van der Waals surface area (Å²) in [5, 5.41) is 21.1. The Kier molecular flexibility index (Phi) is 5.62. The zero-order valence-corrected chi connectivity index (χ0v) is 18.9. The van der Waals surface area contributed by atoms with Gasteiger partial charge in [0.1, 0.15) is 21.8 Å². The summed E-state index contributed by atoms with van der Waals surface area (Å²) in [4.78, 5) is 40.4. The molecule has 1 N–H and O–H groups in total. The number of rotatable bonds is 6. The Labute approximate surface area is 183 Å². The second-order valence-corrected chi connectivity index (χ2v) is 11.3. The molecule has 2 fully saturated rings. The Balaban J connectivity index is 1.50. The van der Waals surface area contributed by atoms with E-state index in [0.29, 0.717) is 11.5 Å². The van der Waals surface area contributed by atoms with Gasteiger partial charge in [0, 0.05) is 25.0 Å². The second-order valence-electron chi connectivity index (χ2n) is 6.91. The first kappa shape index (κ1) is 20.6. The molecule has 3 atom stereocenters. The number of amides is 2. The van der Waals surface area contributed by atoms with E-state index < -0.39 is 17.4 Å². The van der Waals surface area contributed by atoms with E-state index >= 15 is 0 Å². The fraction of sp³-hybridized carbons (Fsp3) is 0.471. The first-order valence-electron chi connectivity index (χ1n) is 8.74. The Morgan fingerprint density at radius 3 is 2.83 bits per heavy atom. The van der Waals surface area contributed by atoms with Crippen molar-refractivity contribution < 1.29 is 19.5 Å². The van der Waals surface area contributed by atoms with Crippen LogP contribution in [0.25, 0.3) is 0 Å². The van der Waals surface area contributed by atoms with Crippen LogP contribution in [0, 0.1) is 12.3 Å². The van der Waals surface area contributed by atoms with Gasteiger partial charge < -0.3 is 10.0 Å². The molecule has 0 aromatic carbocycles. The van der Waals surface area contributed by atoms with Crippen LogP contribution >= 0.6 is 46.2 Å². The van der Waals surface area contributed by atoms with E-state index in [-0.39, 0.29) is 23.7 Å². The SMILES string of the molecule is CC(=O)N(c1cccs1)C1C(=O)N2CC(CSc3nnc(C)s3)(C(=O)O)CS[C@H]12. The van der Waals surface area contributed by atoms with E-state index in [1.165, 1.54) is 58.0 Å². The largest absolute Gasteiger partial charge is 0.481 e. The van der Waals surface area contributed by atoms with Crippen LogP contribution in [0.4, 0.5) is 5.00 Å². The molecule has 0 aliphatic carbocycles. The smallest absolute Gasteiger partial charge is 0.313 e. The summed E-state index contributed by atoms with van der Waals surface area (Å²) in [7, 11) is 0. The molecule has 2 aliphatic heterocycles. The summed E-state index contributed by atoms with van der Waals surface area (Å²) >= 11 is 5.63. The monoisotopic (exact) mass is 470 g/mol. The molecule has 12 heteroatoms. The number of carbonyl (C=O) groups excluding carboxylic acids is 2. The maximum absolute atomic E-state index is 12.9. The molecule has 0 bridgehead atoms. The van der Waals surface area contributed by atoms with Crippen LogP contribution in [-0.2, 0) is 14.4 Å². The lowest BCUT2D eigenvalue weighted by molar-refractivity contribution is -0.156. The van der Waals surface area contributed by atoms with Crippen molar-refractivity contribution in [1.29, 1.82) is 0 Å². The number of nitrogens with zero attached hydrogens (tertiary/aromatic N) is 4. The van der Waals surface area contributed by atoms with E-state index in [2.05, 4.69) is 10.2 Å². The van der Waals surface area contributed by atoms with Gasteiger partial charge in [-0.3, -0.25) is 19.3 Å². The van der Waals surface area contributed by atoms with Crippen LogP contribution in [0.1, 0.15) is 11.9 Å². The molecule has 2 aromatic heterocycles. The van der Waals surface area contributed by atoms with Gasteiger partial charge in [-0.25, -0.2) is 0 Å².